The number of ether oxygens (including phenoxy) is 2. The predicted octanol–water partition coefficient (Wildman–Crippen LogP) is 6.34. The van der Waals surface area contributed by atoms with Gasteiger partial charge in [0.05, 0.1) is 18.1 Å². The Hall–Kier alpha value is -11.4. The van der Waals surface area contributed by atoms with Gasteiger partial charge in [-0.2, -0.15) is 13.2 Å². The Balaban J connectivity index is 0.000000531. The van der Waals surface area contributed by atoms with E-state index in [-0.39, 0.29) is 80.7 Å². The number of aliphatic carboxylic acids is 2. The molecule has 126 heavy (non-hydrogen) atoms. The van der Waals surface area contributed by atoms with Gasteiger partial charge in [0.1, 0.15) is 29.3 Å². The smallest absolute Gasteiger partial charge is 0.480 e. The van der Waals surface area contributed by atoms with E-state index in [0.717, 1.165) is 48.2 Å². The fraction of sp³-hybridized carbons (Fsp3) is 0.567. The Labute approximate surface area is 736 Å². The van der Waals surface area contributed by atoms with Gasteiger partial charge in [-0.25, -0.2) is 19.2 Å². The number of ketones is 2. The molecular formula is C90H133F3N14O19. The highest BCUT2D eigenvalue weighted by molar-refractivity contribution is 6.35. The Morgan fingerprint density at radius 3 is 1.22 bits per heavy atom. The van der Waals surface area contributed by atoms with Crippen LogP contribution in [-0.2, 0) is 97.5 Å². The van der Waals surface area contributed by atoms with E-state index in [9.17, 15) is 85.4 Å². The maximum atomic E-state index is 14.1. The van der Waals surface area contributed by atoms with E-state index in [4.69, 9.17) is 30.8 Å². The monoisotopic (exact) mass is 1770 g/mol. The average Bonchev–Trinajstić information content (AvgIpc) is 0.846. The van der Waals surface area contributed by atoms with Crippen LogP contribution in [0.25, 0.3) is 0 Å². The minimum Gasteiger partial charge on any atom is -0.480 e. The molecule has 0 radical (unpaired) electrons. The highest BCUT2D eigenvalue weighted by Gasteiger charge is 2.40. The zero-order valence-corrected chi connectivity index (χ0v) is 74.5. The topological polar surface area (TPSA) is 503 Å². The number of hydrogen-bond acceptors (Lipinski definition) is 20. The molecule has 2 aliphatic heterocycles. The fourth-order valence-corrected chi connectivity index (χ4v) is 13.4. The summed E-state index contributed by atoms with van der Waals surface area (Å²) in [4.78, 5) is 190. The molecule has 0 unspecified atom stereocenters. The Morgan fingerprint density at radius 2 is 0.833 bits per heavy atom. The SMILES string of the molecule is CC(C)C[C@@H](CC(=O)[C@@H](Cc1ccccc1)NC(=O)[C@@H](Cc1ccccc1)NC(=O)OC(C)(C)C)C(=O)N[C@H](CCCCNC(=O)OC(C)(C)C)C(=O)O.CNC(=O)C(=O)NC1CCN(C(=O)[C@@H](CCCCN)NC(=O)[C@H](CC(=O)[C@@H](Cc2ccccc2)NC(=O)[C@H](N)Cc2ccccc2)CC(C)C)CC1.CNC(=O)C(=O)NC1CCNCC1.O=C(O)C(F)(F)F. The normalized spacial score (nSPS) is 14.8. The third-order valence-corrected chi connectivity index (χ3v) is 19.7. The summed E-state index contributed by atoms with van der Waals surface area (Å²) >= 11 is 0. The number of hydrogen-bond donors (Lipinski definition) is 15. The van der Waals surface area contributed by atoms with Crippen molar-refractivity contribution in [1.82, 2.24) is 63.4 Å². The van der Waals surface area contributed by atoms with Crippen LogP contribution in [0.5, 0.6) is 0 Å². The molecule has 4 aromatic carbocycles. The van der Waals surface area contributed by atoms with Crippen LogP contribution >= 0.6 is 0 Å². The summed E-state index contributed by atoms with van der Waals surface area (Å²) in [7, 11) is 2.83. The number of piperidine rings is 2. The second-order valence-corrected chi connectivity index (χ2v) is 33.9. The number of nitrogens with zero attached hydrogens (tertiary/aromatic N) is 1. The highest BCUT2D eigenvalue weighted by atomic mass is 19.4. The zero-order chi connectivity index (χ0) is 94.3. The number of rotatable bonds is 40. The molecule has 36 heteroatoms. The molecule has 33 nitrogen and oxygen atoms in total. The number of alkyl carbamates (subject to hydrolysis) is 2. The first-order valence-electron chi connectivity index (χ1n) is 42.7. The third kappa shape index (κ3) is 45.5. The van der Waals surface area contributed by atoms with Crippen LogP contribution in [0.1, 0.15) is 181 Å². The van der Waals surface area contributed by atoms with Crippen molar-refractivity contribution in [3.05, 3.63) is 144 Å². The molecular weight excluding hydrogens is 1640 g/mol. The van der Waals surface area contributed by atoms with Crippen LogP contribution in [0.3, 0.4) is 0 Å². The molecule has 6 rings (SSSR count). The number of Topliss-reactive ketones (excluding diaryl/α,β-unsaturated/α-hetero) is 2. The quantitative estimate of drug-likeness (QED) is 0.0170. The van der Waals surface area contributed by atoms with E-state index in [1.54, 1.807) is 46.4 Å². The highest BCUT2D eigenvalue weighted by Crippen LogP contribution is 2.24. The van der Waals surface area contributed by atoms with Gasteiger partial charge in [0, 0.05) is 76.9 Å². The maximum absolute atomic E-state index is 14.1. The van der Waals surface area contributed by atoms with Gasteiger partial charge in [-0.3, -0.25) is 52.7 Å². The molecule has 0 spiro atoms. The Bertz CT molecular complexity index is 4090. The van der Waals surface area contributed by atoms with E-state index in [1.807, 2.05) is 149 Å². The Kier molecular flexibility index (Phi) is 48.8. The molecule has 8 atom stereocenters. The van der Waals surface area contributed by atoms with Gasteiger partial charge in [-0.05, 0) is 192 Å². The number of nitrogens with two attached hydrogens (primary N) is 2. The number of carbonyl (C=O) groups is 15. The van der Waals surface area contributed by atoms with Crippen molar-refractivity contribution in [2.24, 2.45) is 35.1 Å². The summed E-state index contributed by atoms with van der Waals surface area (Å²) in [5, 5.41) is 46.8. The molecule has 0 saturated carbocycles. The molecule has 0 aliphatic carbocycles. The average molecular weight is 1770 g/mol. The van der Waals surface area contributed by atoms with Gasteiger partial charge >= 0.3 is 53.9 Å². The van der Waals surface area contributed by atoms with Gasteiger partial charge < -0.3 is 94.5 Å². The molecule has 4 aromatic rings. The number of nitrogens with one attached hydrogen (secondary N) is 11. The van der Waals surface area contributed by atoms with Crippen LogP contribution in [-0.4, -0.2) is 223 Å². The summed E-state index contributed by atoms with van der Waals surface area (Å²) in [6, 6.07) is 30.9. The Morgan fingerprint density at radius 1 is 0.468 bits per heavy atom. The lowest BCUT2D eigenvalue weighted by atomic mass is 9.88. The third-order valence-electron chi connectivity index (χ3n) is 19.7. The summed E-state index contributed by atoms with van der Waals surface area (Å²) in [6.07, 6.45) is 0.0226. The number of halogens is 3. The lowest BCUT2D eigenvalue weighted by Crippen LogP contribution is -2.55. The van der Waals surface area contributed by atoms with Crippen LogP contribution in [0.2, 0.25) is 0 Å². The molecule has 0 aromatic heterocycles. The van der Waals surface area contributed by atoms with Crippen LogP contribution in [0.15, 0.2) is 121 Å². The van der Waals surface area contributed by atoms with Crippen molar-refractivity contribution < 1.29 is 105 Å². The van der Waals surface area contributed by atoms with Gasteiger partial charge in [0.25, 0.3) is 0 Å². The first-order valence-corrected chi connectivity index (χ1v) is 42.7. The second-order valence-electron chi connectivity index (χ2n) is 33.9. The van der Waals surface area contributed by atoms with Gasteiger partial charge in [-0.15, -0.1) is 0 Å². The van der Waals surface area contributed by atoms with Crippen molar-refractivity contribution >= 4 is 88.9 Å². The van der Waals surface area contributed by atoms with Crippen LogP contribution in [0, 0.1) is 23.7 Å². The van der Waals surface area contributed by atoms with Gasteiger partial charge in [0.2, 0.25) is 29.5 Å². The van der Waals surface area contributed by atoms with Crippen molar-refractivity contribution in [3.63, 3.8) is 0 Å². The minimum absolute atomic E-state index is 0.00815. The molecule has 2 saturated heterocycles. The van der Waals surface area contributed by atoms with E-state index in [1.165, 1.54) is 14.1 Å². The number of likely N-dealkylation sites (N-methyl/N-ethyl adjacent to an activating group) is 2. The zero-order valence-electron chi connectivity index (χ0n) is 74.5. The molecule has 2 heterocycles. The predicted molar refractivity (Wildman–Crippen MR) is 467 cm³/mol. The molecule has 2 fully saturated rings. The van der Waals surface area contributed by atoms with Gasteiger partial charge in [-0.1, -0.05) is 149 Å². The summed E-state index contributed by atoms with van der Waals surface area (Å²) in [5.74, 6) is -11.0. The van der Waals surface area contributed by atoms with E-state index in [0.29, 0.717) is 83.8 Å². The molecule has 698 valence electrons. The second kappa shape index (κ2) is 56.5. The molecule has 0 bridgehead atoms. The van der Waals surface area contributed by atoms with Crippen LogP contribution < -0.4 is 70.0 Å². The first kappa shape index (κ1) is 109. The maximum Gasteiger partial charge on any atom is 0.490 e. The number of carboxylic acid groups (broad SMARTS) is 2. The number of likely N-dealkylation sites (tertiary alicyclic amines) is 1. The summed E-state index contributed by atoms with van der Waals surface area (Å²) in [5.41, 5.74) is 13.9. The van der Waals surface area contributed by atoms with Crippen LogP contribution in [0.4, 0.5) is 22.8 Å². The lowest BCUT2D eigenvalue weighted by Gasteiger charge is -2.35. The summed E-state index contributed by atoms with van der Waals surface area (Å²) in [6.45, 7) is 21.3. The molecule has 17 N–H and O–H groups in total. The largest absolute Gasteiger partial charge is 0.490 e. The molecule has 2 aliphatic rings. The number of amides is 11. The number of alkyl halides is 3. The standard InChI is InChI=1S/C41H60N4O9.C39H57N7O6.C8H15N3O2.C2HF3O2/c1-27(2)23-30(35(47)43-31(37(49)50)21-15-16-22-42-38(51)53-40(3,4)5)26-34(46)32(24-28-17-11-9-12-18-28)44-36(48)33(25-29-19-13-10-14-20-29)45-39(52)54-41(6,7)8;1-26(2)22-29(25-34(47)33(24-28-14-8-5-9-15-28)45-36(49)31(41)23-27-12-6-4-7-13-27)35(48)44-32(16-10-11-19-40)39(52)46-20-17-30(18-21-46)43-38(51)37(50)42-3;1-9-7(12)8(13)11-6-2-4-10-5-3-6;3-2(4,5)1(6)7/h9-14,17-20,27,30-33H,15-16,21-26H2,1-8H3,(H,42,51)(H,43,47)(H,44,48)(H,45,52)(H,49,50);4-9,12-15,26,29-33H,10-11,16-25,40-41H2,1-3H3,(H,42,50)(H,43,51)(H,44,48)(H,45,49);6,10H,2-5H2,1H3,(H,9,12)(H,11,13);(H,6,7)/t30-,31+,32+,33+;29-,31+,32+,33+;;/m00../s1. The van der Waals surface area contributed by atoms with Crippen molar-refractivity contribution in [3.8, 4) is 0 Å². The minimum atomic E-state index is -5.08. The number of unbranched alkanes of at least 4 members (excludes halogenated alkanes) is 2. The number of benzene rings is 4. The first-order chi connectivity index (χ1) is 59.3. The lowest BCUT2D eigenvalue weighted by molar-refractivity contribution is -0.192. The number of carbonyl (C=O) groups excluding carboxylic acids is 13. The number of carboxylic acids is 2. The summed E-state index contributed by atoms with van der Waals surface area (Å²) < 4.78 is 42.4. The van der Waals surface area contributed by atoms with Crippen molar-refractivity contribution in [1.29, 1.82) is 0 Å². The fourth-order valence-electron chi connectivity index (χ4n) is 13.4. The van der Waals surface area contributed by atoms with Crippen molar-refractivity contribution in [2.75, 3.05) is 53.4 Å². The van der Waals surface area contributed by atoms with E-state index in [2.05, 4.69) is 58.5 Å². The molecule has 11 amide bonds. The van der Waals surface area contributed by atoms with Gasteiger partial charge in [0.15, 0.2) is 11.6 Å². The van der Waals surface area contributed by atoms with E-state index < -0.39 is 143 Å². The van der Waals surface area contributed by atoms with Crippen molar-refractivity contribution in [2.45, 2.75) is 251 Å². The van der Waals surface area contributed by atoms with E-state index >= 15 is 0 Å².